The van der Waals surface area contributed by atoms with Crippen LogP contribution in [0, 0.1) is 0 Å². The van der Waals surface area contributed by atoms with Gasteiger partial charge in [-0.2, -0.15) is 9.78 Å². The van der Waals surface area contributed by atoms with E-state index in [4.69, 9.17) is 16.3 Å². The zero-order chi connectivity index (χ0) is 19.1. The molecule has 0 spiro atoms. The van der Waals surface area contributed by atoms with Crippen molar-refractivity contribution in [2.24, 2.45) is 0 Å². The summed E-state index contributed by atoms with van der Waals surface area (Å²) in [5.41, 5.74) is 2.71. The summed E-state index contributed by atoms with van der Waals surface area (Å²) in [6, 6.07) is 7.70. The SMILES string of the molecule is O=c1c2c(cnn1-c1ncccn1)C[C@@H](c1cccc(OC3CC3)c1Cl)CC2. The fourth-order valence-electron chi connectivity index (χ4n) is 3.76. The van der Waals surface area contributed by atoms with Gasteiger partial charge in [0.15, 0.2) is 0 Å². The van der Waals surface area contributed by atoms with Crippen LogP contribution in [0.3, 0.4) is 0 Å². The number of halogens is 1. The Kier molecular flexibility index (Phi) is 4.36. The van der Waals surface area contributed by atoms with E-state index in [1.54, 1.807) is 24.7 Å². The van der Waals surface area contributed by atoms with E-state index in [1.807, 2.05) is 12.1 Å². The first-order valence-electron chi connectivity index (χ1n) is 9.53. The Morgan fingerprint density at radius 3 is 2.71 bits per heavy atom. The van der Waals surface area contributed by atoms with Gasteiger partial charge in [-0.3, -0.25) is 4.79 Å². The van der Waals surface area contributed by atoms with Crippen molar-refractivity contribution < 1.29 is 4.74 Å². The summed E-state index contributed by atoms with van der Waals surface area (Å²) < 4.78 is 7.20. The molecule has 7 heteroatoms. The topological polar surface area (TPSA) is 69.9 Å². The Hall–Kier alpha value is -2.73. The second-order valence-corrected chi connectivity index (χ2v) is 7.71. The smallest absolute Gasteiger partial charge is 0.277 e. The molecule has 2 aliphatic carbocycles. The van der Waals surface area contributed by atoms with Crippen LogP contribution in [-0.4, -0.2) is 25.9 Å². The van der Waals surface area contributed by atoms with Crippen LogP contribution >= 0.6 is 11.6 Å². The highest BCUT2D eigenvalue weighted by molar-refractivity contribution is 6.32. The summed E-state index contributed by atoms with van der Waals surface area (Å²) in [7, 11) is 0. The molecule has 0 bridgehead atoms. The minimum Gasteiger partial charge on any atom is -0.489 e. The molecule has 0 amide bonds. The Bertz CT molecular complexity index is 1080. The molecule has 0 N–H and O–H groups in total. The van der Waals surface area contributed by atoms with Crippen molar-refractivity contribution in [1.82, 2.24) is 19.7 Å². The van der Waals surface area contributed by atoms with E-state index in [2.05, 4.69) is 21.1 Å². The Labute approximate surface area is 167 Å². The molecule has 0 aliphatic heterocycles. The third kappa shape index (κ3) is 3.18. The van der Waals surface area contributed by atoms with E-state index >= 15 is 0 Å². The molecule has 1 saturated carbocycles. The summed E-state index contributed by atoms with van der Waals surface area (Å²) in [6.45, 7) is 0. The molecular formula is C21H19ClN4O2. The minimum absolute atomic E-state index is 0.140. The second kappa shape index (κ2) is 7.02. The normalized spacial score (nSPS) is 18.5. The van der Waals surface area contributed by atoms with Crippen molar-refractivity contribution in [3.63, 3.8) is 0 Å². The van der Waals surface area contributed by atoms with Gasteiger partial charge in [0, 0.05) is 18.0 Å². The monoisotopic (exact) mass is 394 g/mol. The number of ether oxygens (including phenoxy) is 1. The number of hydrogen-bond acceptors (Lipinski definition) is 5. The quantitative estimate of drug-likeness (QED) is 0.677. The van der Waals surface area contributed by atoms with E-state index < -0.39 is 0 Å². The number of hydrogen-bond donors (Lipinski definition) is 0. The average Bonchev–Trinajstić information content (AvgIpc) is 3.54. The first-order valence-corrected chi connectivity index (χ1v) is 9.91. The Morgan fingerprint density at radius 1 is 1.11 bits per heavy atom. The van der Waals surface area contributed by atoms with Crippen LogP contribution in [0.4, 0.5) is 0 Å². The molecule has 1 fully saturated rings. The van der Waals surface area contributed by atoms with Gasteiger partial charge < -0.3 is 4.74 Å². The number of rotatable bonds is 4. The fraction of sp³-hybridized carbons (Fsp3) is 0.333. The zero-order valence-corrected chi connectivity index (χ0v) is 16.0. The number of benzene rings is 1. The van der Waals surface area contributed by atoms with Gasteiger partial charge >= 0.3 is 0 Å². The molecule has 6 nitrogen and oxygen atoms in total. The van der Waals surface area contributed by atoms with Crippen molar-refractivity contribution in [2.45, 2.75) is 44.1 Å². The largest absolute Gasteiger partial charge is 0.489 e. The Balaban J connectivity index is 1.45. The van der Waals surface area contributed by atoms with Crippen LogP contribution in [-0.2, 0) is 12.8 Å². The molecule has 28 heavy (non-hydrogen) atoms. The molecule has 3 aromatic rings. The molecule has 142 valence electrons. The lowest BCUT2D eigenvalue weighted by atomic mass is 9.81. The van der Waals surface area contributed by atoms with Crippen LogP contribution in [0.25, 0.3) is 5.95 Å². The number of nitrogens with zero attached hydrogens (tertiary/aromatic N) is 4. The van der Waals surface area contributed by atoms with Gasteiger partial charge in [0.25, 0.3) is 11.5 Å². The maximum atomic E-state index is 12.9. The van der Waals surface area contributed by atoms with Gasteiger partial charge in [-0.05, 0) is 61.3 Å². The third-order valence-electron chi connectivity index (χ3n) is 5.37. The molecule has 2 aromatic heterocycles. The molecule has 1 atom stereocenters. The number of fused-ring (bicyclic) bond motifs is 1. The second-order valence-electron chi connectivity index (χ2n) is 7.33. The summed E-state index contributed by atoms with van der Waals surface area (Å²) in [4.78, 5) is 21.1. The summed E-state index contributed by atoms with van der Waals surface area (Å²) in [5.74, 6) is 1.31. The lowest BCUT2D eigenvalue weighted by molar-refractivity contribution is 0.303. The van der Waals surface area contributed by atoms with E-state index in [0.29, 0.717) is 23.5 Å². The van der Waals surface area contributed by atoms with Crippen LogP contribution in [0.2, 0.25) is 5.02 Å². The lowest BCUT2D eigenvalue weighted by Crippen LogP contribution is -2.30. The van der Waals surface area contributed by atoms with Gasteiger partial charge in [-0.15, -0.1) is 0 Å². The molecule has 1 aromatic carbocycles. The fourth-order valence-corrected chi connectivity index (χ4v) is 4.09. The molecule has 0 saturated heterocycles. The molecule has 2 aliphatic rings. The van der Waals surface area contributed by atoms with Gasteiger partial charge in [0.2, 0.25) is 0 Å². The first kappa shape index (κ1) is 17.4. The highest BCUT2D eigenvalue weighted by Gasteiger charge is 2.28. The standard InChI is InChI=1S/C21H19ClN4O2/c22-19-16(3-1-4-18(19)28-15-6-7-15)13-5-8-17-14(11-13)12-25-26(20(17)27)21-23-9-2-10-24-21/h1-4,9-10,12-13,15H,5-8,11H2/t13-/m0/s1. The van der Waals surface area contributed by atoms with Crippen LogP contribution in [0.15, 0.2) is 47.7 Å². The number of aromatic nitrogens is 4. The predicted octanol–water partition coefficient (Wildman–Crippen LogP) is 3.49. The predicted molar refractivity (Wildman–Crippen MR) is 105 cm³/mol. The minimum atomic E-state index is -0.140. The van der Waals surface area contributed by atoms with E-state index in [1.165, 1.54) is 4.68 Å². The van der Waals surface area contributed by atoms with Crippen molar-refractivity contribution in [1.29, 1.82) is 0 Å². The van der Waals surface area contributed by atoms with E-state index in [0.717, 1.165) is 48.1 Å². The van der Waals surface area contributed by atoms with Gasteiger partial charge in [0.1, 0.15) is 5.75 Å². The van der Waals surface area contributed by atoms with E-state index in [9.17, 15) is 4.79 Å². The molecular weight excluding hydrogens is 376 g/mol. The van der Waals surface area contributed by atoms with Crippen LogP contribution in [0.5, 0.6) is 5.75 Å². The van der Waals surface area contributed by atoms with Crippen molar-refractivity contribution >= 4 is 11.6 Å². The Morgan fingerprint density at radius 2 is 1.93 bits per heavy atom. The maximum absolute atomic E-state index is 12.9. The van der Waals surface area contributed by atoms with Gasteiger partial charge in [0.05, 0.1) is 17.3 Å². The van der Waals surface area contributed by atoms with E-state index in [-0.39, 0.29) is 11.5 Å². The highest BCUT2D eigenvalue weighted by Crippen LogP contribution is 2.40. The first-order chi connectivity index (χ1) is 13.7. The average molecular weight is 395 g/mol. The van der Waals surface area contributed by atoms with Gasteiger partial charge in [-0.25, -0.2) is 9.97 Å². The summed E-state index contributed by atoms with van der Waals surface area (Å²) in [6.07, 6.45) is 9.74. The summed E-state index contributed by atoms with van der Waals surface area (Å²) in [5, 5.41) is 5.00. The molecule has 2 heterocycles. The third-order valence-corrected chi connectivity index (χ3v) is 5.77. The lowest BCUT2D eigenvalue weighted by Gasteiger charge is -2.25. The van der Waals surface area contributed by atoms with Crippen molar-refractivity contribution in [3.05, 3.63) is 74.9 Å². The molecule has 0 radical (unpaired) electrons. The molecule has 0 unspecified atom stereocenters. The van der Waals surface area contributed by atoms with Gasteiger partial charge in [-0.1, -0.05) is 23.7 Å². The van der Waals surface area contributed by atoms with Crippen LogP contribution < -0.4 is 10.3 Å². The van der Waals surface area contributed by atoms with Crippen molar-refractivity contribution in [3.8, 4) is 11.7 Å². The molecule has 5 rings (SSSR count). The highest BCUT2D eigenvalue weighted by atomic mass is 35.5. The maximum Gasteiger partial charge on any atom is 0.277 e. The van der Waals surface area contributed by atoms with Crippen molar-refractivity contribution in [2.75, 3.05) is 0 Å². The zero-order valence-electron chi connectivity index (χ0n) is 15.2. The summed E-state index contributed by atoms with van der Waals surface area (Å²) >= 11 is 6.65. The van der Waals surface area contributed by atoms with Crippen LogP contribution in [0.1, 0.15) is 41.9 Å².